The third-order valence-electron chi connectivity index (χ3n) is 7.47. The van der Waals surface area contributed by atoms with Gasteiger partial charge < -0.3 is 0 Å². The lowest BCUT2D eigenvalue weighted by Gasteiger charge is -2.60. The molecule has 208 valence electrons. The fraction of sp³-hybridized carbons (Fsp3) is 0.889. The van der Waals surface area contributed by atoms with Crippen LogP contribution in [-0.2, 0) is 0 Å². The van der Waals surface area contributed by atoms with Crippen LogP contribution in [0.3, 0.4) is 0 Å². The second-order valence-corrected chi connectivity index (χ2v) is 9.47. The summed E-state index contributed by atoms with van der Waals surface area (Å²) >= 11 is 0. The van der Waals surface area contributed by atoms with Crippen molar-refractivity contribution in [1.29, 1.82) is 0 Å². The van der Waals surface area contributed by atoms with Crippen LogP contribution in [0.15, 0.2) is 12.3 Å². The number of hydrogen-bond acceptors (Lipinski definition) is 4. The van der Waals surface area contributed by atoms with Crippen molar-refractivity contribution in [2.45, 2.75) is 73.9 Å². The quantitative estimate of drug-likeness (QED) is 0.356. The third-order valence-corrected chi connectivity index (χ3v) is 7.47. The van der Waals surface area contributed by atoms with Gasteiger partial charge in [0.25, 0.3) is 0 Å². The zero-order valence-electron chi connectivity index (χ0n) is 17.6. The van der Waals surface area contributed by atoms with E-state index in [1.54, 1.807) is 5.53 Å². The van der Waals surface area contributed by atoms with Gasteiger partial charge in [0.2, 0.25) is 0 Å². The lowest BCUT2D eigenvalue weighted by molar-refractivity contribution is -0.415. The smallest absolute Gasteiger partial charge is 0.296 e. The van der Waals surface area contributed by atoms with Gasteiger partial charge in [0.1, 0.15) is 0 Å². The first-order valence-electron chi connectivity index (χ1n) is 10.6. The van der Waals surface area contributed by atoms with Crippen molar-refractivity contribution in [2.24, 2.45) is 23.7 Å². The van der Waals surface area contributed by atoms with Gasteiger partial charge in [-0.05, 0) is 43.4 Å². The van der Waals surface area contributed by atoms with Gasteiger partial charge in [0.15, 0.2) is 0 Å². The Bertz CT molecular complexity index is 814. The molecule has 2 aliphatic heterocycles. The minimum absolute atomic E-state index is 0.156. The molecule has 18 heteroatoms. The summed E-state index contributed by atoms with van der Waals surface area (Å²) in [7, 11) is 0. The maximum Gasteiger partial charge on any atom is 0.461 e. The fourth-order valence-electron chi connectivity index (χ4n) is 5.77. The highest BCUT2D eigenvalue weighted by Gasteiger charge is 2.78. The molecular formula is C18H18F14N4. The number of rotatable bonds is 4. The number of halogens is 14. The van der Waals surface area contributed by atoms with Crippen LogP contribution in [0.5, 0.6) is 0 Å². The maximum absolute atomic E-state index is 14.4. The normalized spacial score (nSPS) is 34.6. The molecule has 2 N–H and O–H groups in total. The Morgan fingerprint density at radius 3 is 1.86 bits per heavy atom. The van der Waals surface area contributed by atoms with Crippen LogP contribution in [0.4, 0.5) is 61.5 Å². The van der Waals surface area contributed by atoms with Gasteiger partial charge in [-0.25, -0.2) is 5.43 Å². The van der Waals surface area contributed by atoms with Gasteiger partial charge >= 0.3 is 36.2 Å². The Labute approximate surface area is 193 Å². The van der Waals surface area contributed by atoms with Gasteiger partial charge in [0, 0.05) is 18.2 Å². The number of alkyl halides is 14. The largest absolute Gasteiger partial charge is 0.461 e. The summed E-state index contributed by atoms with van der Waals surface area (Å²) in [5, 5.41) is -0.00599. The lowest BCUT2D eigenvalue weighted by atomic mass is 9.57. The molecule has 36 heavy (non-hydrogen) atoms. The van der Waals surface area contributed by atoms with E-state index in [1.807, 2.05) is 5.43 Å². The number of nitrogens with one attached hydrogen (secondary N) is 2. The molecule has 6 atom stereocenters. The summed E-state index contributed by atoms with van der Waals surface area (Å²) in [6.45, 7) is 0. The Morgan fingerprint density at radius 2 is 1.31 bits per heavy atom. The molecule has 3 fully saturated rings. The van der Waals surface area contributed by atoms with E-state index in [0.717, 1.165) is 17.3 Å². The first kappa shape index (κ1) is 27.5. The topological polar surface area (TPSA) is 30.5 Å². The van der Waals surface area contributed by atoms with E-state index < -0.39 is 89.9 Å². The molecule has 2 saturated carbocycles. The van der Waals surface area contributed by atoms with E-state index in [2.05, 4.69) is 0 Å². The Hall–Kier alpha value is -1.56. The first-order valence-corrected chi connectivity index (χ1v) is 10.6. The van der Waals surface area contributed by atoms with Gasteiger partial charge in [-0.15, -0.1) is 5.53 Å². The van der Waals surface area contributed by atoms with Crippen molar-refractivity contribution in [2.75, 3.05) is 0 Å². The summed E-state index contributed by atoms with van der Waals surface area (Å²) < 4.78 is 187. The summed E-state index contributed by atoms with van der Waals surface area (Å²) in [5.41, 5.74) is 3.58. The highest BCUT2D eigenvalue weighted by Crippen LogP contribution is 2.58. The zero-order chi connectivity index (χ0) is 27.3. The van der Waals surface area contributed by atoms with Crippen LogP contribution in [0.25, 0.3) is 0 Å². The van der Waals surface area contributed by atoms with E-state index >= 15 is 0 Å². The second-order valence-electron chi connectivity index (χ2n) is 9.47. The average Bonchev–Trinajstić information content (AvgIpc) is 2.75. The second kappa shape index (κ2) is 7.97. The molecule has 0 aromatic rings. The first-order chi connectivity index (χ1) is 16.1. The molecule has 0 radical (unpaired) electrons. The van der Waals surface area contributed by atoms with E-state index in [4.69, 9.17) is 0 Å². The summed E-state index contributed by atoms with van der Waals surface area (Å²) in [6.07, 6.45) is -13.1. The third kappa shape index (κ3) is 3.75. The van der Waals surface area contributed by atoms with Crippen LogP contribution in [0, 0.1) is 23.7 Å². The van der Waals surface area contributed by atoms with Crippen molar-refractivity contribution < 1.29 is 61.5 Å². The molecule has 6 unspecified atom stereocenters. The van der Waals surface area contributed by atoms with Crippen LogP contribution >= 0.6 is 0 Å². The SMILES string of the molecule is FC(F)(F)C(F)(F)C(F)(F)C1CC2C=CN3NN(C(F)(F)C(F)(F)C(F)(F)F)NC4CCC(C1)C2C43. The van der Waals surface area contributed by atoms with Crippen molar-refractivity contribution in [3.8, 4) is 0 Å². The molecule has 0 bridgehead atoms. The standard InChI is InChI=1S/C18H18F14N4/c19-13(20,14(21,22)16(25,26)27)9-5-7-1-2-10-12-11(7)8(6-9)3-4-35(12)34-36(33-10)18(31,32)15(23,24)17(28,29)30/h3-4,7-12,33-34H,1-2,5-6H2. The van der Waals surface area contributed by atoms with Crippen molar-refractivity contribution in [3.05, 3.63) is 12.3 Å². The summed E-state index contributed by atoms with van der Waals surface area (Å²) in [6, 6.07) is -7.98. The molecule has 1 saturated heterocycles. The number of hydrogen-bond donors (Lipinski definition) is 2. The van der Waals surface area contributed by atoms with E-state index in [1.165, 1.54) is 0 Å². The highest BCUT2D eigenvalue weighted by molar-refractivity contribution is 5.14. The predicted octanol–water partition coefficient (Wildman–Crippen LogP) is 5.47. The predicted molar refractivity (Wildman–Crippen MR) is 91.0 cm³/mol. The minimum Gasteiger partial charge on any atom is -0.296 e. The lowest BCUT2D eigenvalue weighted by Crippen LogP contribution is -2.80. The molecule has 0 aromatic carbocycles. The minimum atomic E-state index is -6.61. The molecule has 4 rings (SSSR count). The Kier molecular flexibility index (Phi) is 6.08. The molecular weight excluding hydrogens is 538 g/mol. The van der Waals surface area contributed by atoms with Crippen molar-refractivity contribution in [1.82, 2.24) is 21.1 Å². The Morgan fingerprint density at radius 1 is 0.722 bits per heavy atom. The zero-order valence-corrected chi connectivity index (χ0v) is 17.6. The monoisotopic (exact) mass is 556 g/mol. The maximum atomic E-state index is 14.4. The van der Waals surface area contributed by atoms with Crippen LogP contribution in [-0.4, -0.2) is 58.4 Å². The average molecular weight is 556 g/mol. The summed E-state index contributed by atoms with van der Waals surface area (Å²) in [4.78, 5) is 0. The van der Waals surface area contributed by atoms with Gasteiger partial charge in [-0.1, -0.05) is 11.2 Å². The molecule has 2 heterocycles. The van der Waals surface area contributed by atoms with Gasteiger partial charge in [-0.2, -0.15) is 61.5 Å². The van der Waals surface area contributed by atoms with Gasteiger partial charge in [0.05, 0.1) is 6.04 Å². The van der Waals surface area contributed by atoms with E-state index in [9.17, 15) is 61.5 Å². The molecule has 4 aliphatic rings. The molecule has 0 spiro atoms. The van der Waals surface area contributed by atoms with Crippen LogP contribution < -0.4 is 11.0 Å². The van der Waals surface area contributed by atoms with E-state index in [-0.39, 0.29) is 12.8 Å². The number of allylic oxidation sites excluding steroid dienone is 1. The number of nitrogens with zero attached hydrogens (tertiary/aromatic N) is 2. The van der Waals surface area contributed by atoms with E-state index in [0.29, 0.717) is 0 Å². The van der Waals surface area contributed by atoms with Crippen LogP contribution in [0.1, 0.15) is 25.7 Å². The molecule has 0 amide bonds. The fourth-order valence-corrected chi connectivity index (χ4v) is 5.77. The van der Waals surface area contributed by atoms with Gasteiger partial charge in [-0.3, -0.25) is 5.01 Å². The molecule has 0 aromatic heterocycles. The molecule has 4 nitrogen and oxygen atoms in total. The number of hydrazine groups is 3. The van der Waals surface area contributed by atoms with Crippen LogP contribution in [0.2, 0.25) is 0 Å². The van der Waals surface area contributed by atoms with Crippen molar-refractivity contribution >= 4 is 0 Å². The highest BCUT2D eigenvalue weighted by atomic mass is 19.4. The Balaban J connectivity index is 1.59. The summed E-state index contributed by atoms with van der Waals surface area (Å²) in [5.74, 6) is -23.2. The molecule has 2 aliphatic carbocycles. The van der Waals surface area contributed by atoms with Crippen molar-refractivity contribution in [3.63, 3.8) is 0 Å².